The number of ether oxygens (including phenoxy) is 1. The zero-order valence-electron chi connectivity index (χ0n) is 10.5. The molecule has 2 saturated carbocycles. The SMILES string of the molecule is CCCOC1CCC2CCC(F)C(F)C2C1(F)F. The molecule has 0 radical (unpaired) electrons. The van der Waals surface area contributed by atoms with Crippen LogP contribution in [0.3, 0.4) is 0 Å². The summed E-state index contributed by atoms with van der Waals surface area (Å²) in [4.78, 5) is 0. The van der Waals surface area contributed by atoms with E-state index < -0.39 is 36.2 Å². The van der Waals surface area contributed by atoms with Gasteiger partial charge in [-0.3, -0.25) is 0 Å². The molecule has 18 heavy (non-hydrogen) atoms. The largest absolute Gasteiger partial charge is 0.372 e. The maximum atomic E-state index is 14.2. The van der Waals surface area contributed by atoms with E-state index in [0.29, 0.717) is 19.3 Å². The van der Waals surface area contributed by atoms with Crippen molar-refractivity contribution in [1.29, 1.82) is 0 Å². The van der Waals surface area contributed by atoms with Crippen LogP contribution in [0.2, 0.25) is 0 Å². The first-order chi connectivity index (χ1) is 8.48. The first-order valence-electron chi connectivity index (χ1n) is 6.76. The maximum Gasteiger partial charge on any atom is 0.279 e. The molecule has 5 atom stereocenters. The van der Waals surface area contributed by atoms with Crippen molar-refractivity contribution in [2.75, 3.05) is 6.61 Å². The predicted molar refractivity (Wildman–Crippen MR) is 60.2 cm³/mol. The van der Waals surface area contributed by atoms with Gasteiger partial charge in [0.2, 0.25) is 0 Å². The maximum absolute atomic E-state index is 14.2. The smallest absolute Gasteiger partial charge is 0.279 e. The molecule has 0 spiro atoms. The third kappa shape index (κ3) is 2.38. The predicted octanol–water partition coefficient (Wildman–Crippen LogP) is 3.91. The normalized spacial score (nSPS) is 43.5. The summed E-state index contributed by atoms with van der Waals surface area (Å²) in [5, 5.41) is 0. The molecular weight excluding hydrogens is 248 g/mol. The van der Waals surface area contributed by atoms with Crippen LogP contribution in [0, 0.1) is 11.8 Å². The molecule has 2 aliphatic carbocycles. The molecule has 0 N–H and O–H groups in total. The fourth-order valence-electron chi connectivity index (χ4n) is 3.27. The van der Waals surface area contributed by atoms with E-state index in [-0.39, 0.29) is 19.4 Å². The minimum Gasteiger partial charge on any atom is -0.372 e. The molecule has 0 bridgehead atoms. The summed E-state index contributed by atoms with van der Waals surface area (Å²) < 4.78 is 60.7. The van der Waals surface area contributed by atoms with Crippen molar-refractivity contribution >= 4 is 0 Å². The van der Waals surface area contributed by atoms with E-state index in [4.69, 9.17) is 4.74 Å². The van der Waals surface area contributed by atoms with Crippen molar-refractivity contribution in [2.24, 2.45) is 11.8 Å². The van der Waals surface area contributed by atoms with E-state index in [1.54, 1.807) is 0 Å². The van der Waals surface area contributed by atoms with Crippen LogP contribution < -0.4 is 0 Å². The van der Waals surface area contributed by atoms with Crippen molar-refractivity contribution in [2.45, 2.75) is 63.4 Å². The Morgan fingerprint density at radius 1 is 1.11 bits per heavy atom. The van der Waals surface area contributed by atoms with E-state index in [1.165, 1.54) is 0 Å². The zero-order chi connectivity index (χ0) is 13.3. The van der Waals surface area contributed by atoms with Crippen LogP contribution in [-0.2, 0) is 4.74 Å². The van der Waals surface area contributed by atoms with Gasteiger partial charge in [-0.2, -0.15) is 0 Å². The third-order valence-corrected chi connectivity index (χ3v) is 4.21. The summed E-state index contributed by atoms with van der Waals surface area (Å²) in [5.74, 6) is -5.15. The Morgan fingerprint density at radius 2 is 1.78 bits per heavy atom. The minimum atomic E-state index is -3.25. The molecule has 5 unspecified atom stereocenters. The second-order valence-corrected chi connectivity index (χ2v) is 5.43. The number of halogens is 4. The summed E-state index contributed by atoms with van der Waals surface area (Å²) in [5.41, 5.74) is 0. The molecule has 2 rings (SSSR count). The van der Waals surface area contributed by atoms with Crippen molar-refractivity contribution in [3.8, 4) is 0 Å². The molecule has 0 heterocycles. The van der Waals surface area contributed by atoms with Gasteiger partial charge < -0.3 is 4.74 Å². The molecule has 1 nitrogen and oxygen atoms in total. The molecular formula is C13H20F4O. The number of alkyl halides is 4. The zero-order valence-corrected chi connectivity index (χ0v) is 10.5. The monoisotopic (exact) mass is 268 g/mol. The lowest BCUT2D eigenvalue weighted by molar-refractivity contribution is -0.231. The molecule has 106 valence electrons. The van der Waals surface area contributed by atoms with Crippen molar-refractivity contribution in [3.63, 3.8) is 0 Å². The van der Waals surface area contributed by atoms with Crippen LogP contribution in [0.5, 0.6) is 0 Å². The Morgan fingerprint density at radius 3 is 2.44 bits per heavy atom. The molecule has 0 aromatic carbocycles. The van der Waals surface area contributed by atoms with Gasteiger partial charge in [0.25, 0.3) is 5.92 Å². The van der Waals surface area contributed by atoms with Gasteiger partial charge in [-0.05, 0) is 38.0 Å². The van der Waals surface area contributed by atoms with Gasteiger partial charge in [-0.15, -0.1) is 0 Å². The Labute approximate surface area is 105 Å². The number of rotatable bonds is 3. The van der Waals surface area contributed by atoms with Gasteiger partial charge >= 0.3 is 0 Å². The molecule has 0 aliphatic heterocycles. The summed E-state index contributed by atoms with van der Waals surface area (Å²) in [6, 6.07) is 0. The average molecular weight is 268 g/mol. The molecule has 5 heteroatoms. The van der Waals surface area contributed by atoms with Gasteiger partial charge in [0, 0.05) is 6.61 Å². The van der Waals surface area contributed by atoms with Gasteiger partial charge in [-0.25, -0.2) is 17.6 Å². The Kier molecular flexibility index (Phi) is 4.19. The average Bonchev–Trinajstić information content (AvgIpc) is 2.32. The lowest BCUT2D eigenvalue weighted by atomic mass is 9.66. The highest BCUT2D eigenvalue weighted by Gasteiger charge is 2.60. The third-order valence-electron chi connectivity index (χ3n) is 4.21. The lowest BCUT2D eigenvalue weighted by Crippen LogP contribution is -2.56. The van der Waals surface area contributed by atoms with Crippen LogP contribution >= 0.6 is 0 Å². The fraction of sp³-hybridized carbons (Fsp3) is 1.00. The molecule has 2 aliphatic rings. The Bertz CT molecular complexity index is 282. The van der Waals surface area contributed by atoms with E-state index in [0.717, 1.165) is 0 Å². The highest BCUT2D eigenvalue weighted by atomic mass is 19.3. The number of hydrogen-bond donors (Lipinski definition) is 0. The fourth-order valence-corrected chi connectivity index (χ4v) is 3.27. The molecule has 2 fully saturated rings. The number of hydrogen-bond acceptors (Lipinski definition) is 1. The molecule has 0 amide bonds. The second-order valence-electron chi connectivity index (χ2n) is 5.43. The van der Waals surface area contributed by atoms with Crippen molar-refractivity contribution in [1.82, 2.24) is 0 Å². The first-order valence-corrected chi connectivity index (χ1v) is 6.76. The second kappa shape index (κ2) is 5.35. The summed E-state index contributed by atoms with van der Waals surface area (Å²) in [6.07, 6.45) is -3.21. The van der Waals surface area contributed by atoms with E-state index in [2.05, 4.69) is 0 Å². The van der Waals surface area contributed by atoms with Gasteiger partial charge in [0.1, 0.15) is 18.4 Å². The molecule has 0 aromatic heterocycles. The topological polar surface area (TPSA) is 9.23 Å². The lowest BCUT2D eigenvalue weighted by Gasteiger charge is -2.47. The highest BCUT2D eigenvalue weighted by Crippen LogP contribution is 2.51. The Balaban J connectivity index is 2.13. The van der Waals surface area contributed by atoms with E-state index in [1.807, 2.05) is 6.92 Å². The highest BCUT2D eigenvalue weighted by molar-refractivity contribution is 5.02. The van der Waals surface area contributed by atoms with Crippen LogP contribution in [0.4, 0.5) is 17.6 Å². The molecule has 0 aromatic rings. The van der Waals surface area contributed by atoms with Crippen LogP contribution in [0.1, 0.15) is 39.0 Å². The van der Waals surface area contributed by atoms with E-state index in [9.17, 15) is 17.6 Å². The summed E-state index contributed by atoms with van der Waals surface area (Å²) in [7, 11) is 0. The Hall–Kier alpha value is -0.320. The summed E-state index contributed by atoms with van der Waals surface area (Å²) in [6.45, 7) is 2.08. The van der Waals surface area contributed by atoms with Crippen molar-refractivity contribution < 1.29 is 22.3 Å². The van der Waals surface area contributed by atoms with Crippen LogP contribution in [-0.4, -0.2) is 31.0 Å². The minimum absolute atomic E-state index is 0.0684. The van der Waals surface area contributed by atoms with Crippen LogP contribution in [0.25, 0.3) is 0 Å². The summed E-state index contributed by atoms with van der Waals surface area (Å²) >= 11 is 0. The first kappa shape index (κ1) is 14.1. The molecule has 0 saturated heterocycles. The van der Waals surface area contributed by atoms with Gasteiger partial charge in [0.05, 0.1) is 5.92 Å². The van der Waals surface area contributed by atoms with Crippen LogP contribution in [0.15, 0.2) is 0 Å². The standard InChI is InChI=1S/C13H20F4O/c1-2-7-18-10-6-4-8-3-5-9(14)12(15)11(8)13(10,16)17/h8-12H,2-7H2,1H3. The van der Waals surface area contributed by atoms with Gasteiger partial charge in [0.15, 0.2) is 0 Å². The van der Waals surface area contributed by atoms with Crippen molar-refractivity contribution in [3.05, 3.63) is 0 Å². The van der Waals surface area contributed by atoms with Gasteiger partial charge in [-0.1, -0.05) is 6.92 Å². The quantitative estimate of drug-likeness (QED) is 0.705. The number of fused-ring (bicyclic) bond motifs is 1. The van der Waals surface area contributed by atoms with E-state index >= 15 is 0 Å².